The van der Waals surface area contributed by atoms with Crippen molar-refractivity contribution in [3.63, 3.8) is 0 Å². The molecule has 0 aromatic rings. The maximum absolute atomic E-state index is 9.79. The lowest BCUT2D eigenvalue weighted by molar-refractivity contribution is 0.0973. The molecule has 20 heavy (non-hydrogen) atoms. The Kier molecular flexibility index (Phi) is 6.94. The summed E-state index contributed by atoms with van der Waals surface area (Å²) in [4.78, 5) is 2.40. The molecule has 0 aromatic carbocycles. The summed E-state index contributed by atoms with van der Waals surface area (Å²) in [7, 11) is 1.74. The van der Waals surface area contributed by atoms with Gasteiger partial charge in [0.2, 0.25) is 0 Å². The highest BCUT2D eigenvalue weighted by Crippen LogP contribution is 2.40. The van der Waals surface area contributed by atoms with Crippen LogP contribution in [-0.4, -0.2) is 49.3 Å². The molecule has 0 bridgehead atoms. The van der Waals surface area contributed by atoms with Crippen LogP contribution in [0.2, 0.25) is 0 Å². The van der Waals surface area contributed by atoms with Gasteiger partial charge in [-0.15, -0.1) is 0 Å². The molecule has 4 nitrogen and oxygen atoms in total. The zero-order valence-corrected chi connectivity index (χ0v) is 13.8. The first kappa shape index (κ1) is 17.4. The second kappa shape index (κ2) is 7.97. The van der Waals surface area contributed by atoms with E-state index in [-0.39, 0.29) is 0 Å². The van der Waals surface area contributed by atoms with Gasteiger partial charge in [-0.1, -0.05) is 6.92 Å². The van der Waals surface area contributed by atoms with Crippen molar-refractivity contribution in [3.05, 3.63) is 0 Å². The van der Waals surface area contributed by atoms with Crippen molar-refractivity contribution in [3.8, 4) is 6.07 Å². The topological polar surface area (TPSA) is 48.3 Å². The van der Waals surface area contributed by atoms with Gasteiger partial charge in [-0.05, 0) is 46.0 Å². The Labute approximate surface area is 124 Å². The van der Waals surface area contributed by atoms with Crippen LogP contribution in [0.15, 0.2) is 0 Å². The summed E-state index contributed by atoms with van der Waals surface area (Å²) in [6.07, 6.45) is 3.44. The lowest BCUT2D eigenvalue weighted by Gasteiger charge is -2.38. The van der Waals surface area contributed by atoms with E-state index in [9.17, 15) is 5.26 Å². The van der Waals surface area contributed by atoms with Crippen molar-refractivity contribution in [1.29, 1.82) is 5.26 Å². The molecular weight excluding hydrogens is 250 g/mol. The van der Waals surface area contributed by atoms with Gasteiger partial charge in [0.25, 0.3) is 0 Å². The number of methoxy groups -OCH3 is 1. The summed E-state index contributed by atoms with van der Waals surface area (Å²) in [5.41, 5.74) is -0.397. The summed E-state index contributed by atoms with van der Waals surface area (Å²) < 4.78 is 5.23. The Bertz CT molecular complexity index is 322. The van der Waals surface area contributed by atoms with E-state index in [0.29, 0.717) is 18.0 Å². The van der Waals surface area contributed by atoms with E-state index in [0.717, 1.165) is 26.1 Å². The highest BCUT2D eigenvalue weighted by molar-refractivity contribution is 5.17. The summed E-state index contributed by atoms with van der Waals surface area (Å²) in [5.74, 6) is 0.504. The zero-order valence-electron chi connectivity index (χ0n) is 13.8. The second-order valence-electron chi connectivity index (χ2n) is 6.38. The molecular formula is C16H31N3O. The van der Waals surface area contributed by atoms with E-state index < -0.39 is 5.54 Å². The van der Waals surface area contributed by atoms with Crippen LogP contribution < -0.4 is 5.32 Å². The number of hydrogen-bond acceptors (Lipinski definition) is 4. The summed E-state index contributed by atoms with van der Waals surface area (Å²) in [5, 5.41) is 13.3. The minimum atomic E-state index is -0.397. The van der Waals surface area contributed by atoms with E-state index in [1.807, 2.05) is 0 Å². The molecule has 4 heteroatoms. The average Bonchev–Trinajstić information content (AvgIpc) is 3.25. The molecule has 0 spiro atoms. The van der Waals surface area contributed by atoms with Crippen LogP contribution in [0.3, 0.4) is 0 Å². The van der Waals surface area contributed by atoms with Gasteiger partial charge in [-0.3, -0.25) is 10.2 Å². The molecule has 0 aliphatic heterocycles. The van der Waals surface area contributed by atoms with Gasteiger partial charge in [-0.25, -0.2) is 0 Å². The number of nitrogens with zero attached hydrogens (tertiary/aromatic N) is 2. The van der Waals surface area contributed by atoms with E-state index in [1.165, 1.54) is 12.8 Å². The minimum Gasteiger partial charge on any atom is -0.383 e. The van der Waals surface area contributed by atoms with Crippen LogP contribution in [0.4, 0.5) is 0 Å². The van der Waals surface area contributed by atoms with Crippen molar-refractivity contribution >= 4 is 0 Å². The first-order valence-corrected chi connectivity index (χ1v) is 7.91. The molecule has 0 saturated heterocycles. The van der Waals surface area contributed by atoms with Crippen molar-refractivity contribution in [2.45, 2.75) is 64.6 Å². The molecule has 2 unspecified atom stereocenters. The predicted molar refractivity (Wildman–Crippen MR) is 82.5 cm³/mol. The third kappa shape index (κ3) is 4.73. The lowest BCUT2D eigenvalue weighted by Crippen LogP contribution is -2.58. The molecule has 0 heterocycles. The van der Waals surface area contributed by atoms with Gasteiger partial charge in [0.15, 0.2) is 0 Å². The Morgan fingerprint density at radius 2 is 2.05 bits per heavy atom. The van der Waals surface area contributed by atoms with E-state index in [1.54, 1.807) is 7.11 Å². The Morgan fingerprint density at radius 1 is 1.40 bits per heavy atom. The highest BCUT2D eigenvalue weighted by atomic mass is 16.5. The van der Waals surface area contributed by atoms with Crippen molar-refractivity contribution < 1.29 is 4.74 Å². The van der Waals surface area contributed by atoms with Crippen molar-refractivity contribution in [2.24, 2.45) is 5.92 Å². The lowest BCUT2D eigenvalue weighted by atomic mass is 9.92. The Morgan fingerprint density at radius 3 is 2.45 bits per heavy atom. The van der Waals surface area contributed by atoms with Crippen LogP contribution >= 0.6 is 0 Å². The zero-order chi connectivity index (χ0) is 15.2. The maximum Gasteiger partial charge on any atom is 0.122 e. The average molecular weight is 281 g/mol. The third-order valence-electron chi connectivity index (χ3n) is 4.27. The predicted octanol–water partition coefficient (Wildman–Crippen LogP) is 2.40. The van der Waals surface area contributed by atoms with E-state index in [2.05, 4.69) is 44.0 Å². The Balaban J connectivity index is 2.80. The minimum absolute atomic E-state index is 0.330. The number of ether oxygens (including phenoxy) is 1. The van der Waals surface area contributed by atoms with Gasteiger partial charge in [0, 0.05) is 32.3 Å². The molecule has 2 atom stereocenters. The van der Waals surface area contributed by atoms with Gasteiger partial charge in [0.05, 0.1) is 12.7 Å². The molecule has 0 radical (unpaired) electrons. The van der Waals surface area contributed by atoms with Crippen LogP contribution in [0.1, 0.15) is 47.0 Å². The molecule has 1 rings (SSSR count). The molecule has 1 N–H and O–H groups in total. The smallest absolute Gasteiger partial charge is 0.122 e. The fourth-order valence-corrected chi connectivity index (χ4v) is 2.79. The number of nitrogens with one attached hydrogen (secondary N) is 1. The fraction of sp³-hybridized carbons (Fsp3) is 0.938. The molecule has 1 saturated carbocycles. The summed E-state index contributed by atoms with van der Waals surface area (Å²) in [6.45, 7) is 11.1. The SMILES string of the molecule is CCC(C)N(CCOC)CC(C#N)(NC(C)C)C1CC1. The molecule has 0 aromatic heterocycles. The Hall–Kier alpha value is -0.630. The first-order valence-electron chi connectivity index (χ1n) is 7.91. The largest absolute Gasteiger partial charge is 0.383 e. The summed E-state index contributed by atoms with van der Waals surface area (Å²) >= 11 is 0. The maximum atomic E-state index is 9.79. The van der Waals surface area contributed by atoms with Crippen molar-refractivity contribution in [2.75, 3.05) is 26.8 Å². The van der Waals surface area contributed by atoms with Crippen LogP contribution in [-0.2, 0) is 4.74 Å². The highest BCUT2D eigenvalue weighted by Gasteiger charge is 2.47. The van der Waals surface area contributed by atoms with E-state index in [4.69, 9.17) is 4.74 Å². The third-order valence-corrected chi connectivity index (χ3v) is 4.27. The monoisotopic (exact) mass is 281 g/mol. The number of nitriles is 1. The molecule has 1 aliphatic rings. The van der Waals surface area contributed by atoms with Gasteiger partial charge in [-0.2, -0.15) is 5.26 Å². The summed E-state index contributed by atoms with van der Waals surface area (Å²) in [6, 6.07) is 3.41. The number of rotatable bonds is 10. The van der Waals surface area contributed by atoms with Gasteiger partial charge in [0.1, 0.15) is 5.54 Å². The molecule has 1 aliphatic carbocycles. The first-order chi connectivity index (χ1) is 9.49. The molecule has 116 valence electrons. The second-order valence-corrected chi connectivity index (χ2v) is 6.38. The number of hydrogen-bond donors (Lipinski definition) is 1. The van der Waals surface area contributed by atoms with Gasteiger partial charge >= 0.3 is 0 Å². The van der Waals surface area contributed by atoms with Crippen LogP contribution in [0.5, 0.6) is 0 Å². The normalized spacial score (nSPS) is 19.9. The van der Waals surface area contributed by atoms with Crippen LogP contribution in [0, 0.1) is 17.2 Å². The van der Waals surface area contributed by atoms with E-state index >= 15 is 0 Å². The molecule has 0 amide bonds. The standard InChI is InChI=1S/C16H31N3O/c1-6-14(4)19(9-10-20-5)12-16(11-17,15-7-8-15)18-13(2)3/h13-15,18H,6-10,12H2,1-5H3. The van der Waals surface area contributed by atoms with Gasteiger partial charge < -0.3 is 4.74 Å². The van der Waals surface area contributed by atoms with Crippen LogP contribution in [0.25, 0.3) is 0 Å². The molecule has 1 fully saturated rings. The van der Waals surface area contributed by atoms with Crippen molar-refractivity contribution in [1.82, 2.24) is 10.2 Å². The fourth-order valence-electron chi connectivity index (χ4n) is 2.79. The quantitative estimate of drug-likeness (QED) is 0.668.